The molecule has 0 saturated carbocycles. The minimum atomic E-state index is -0.522. The smallest absolute Gasteiger partial charge is 0.273 e. The lowest BCUT2D eigenvalue weighted by Crippen LogP contribution is -1.94. The molecule has 0 saturated heterocycles. The third kappa shape index (κ3) is 2.81. The molecule has 0 spiro atoms. The highest BCUT2D eigenvalue weighted by atomic mass is 16.6. The van der Waals surface area contributed by atoms with Gasteiger partial charge in [0.25, 0.3) is 5.69 Å². The number of non-ortho nitro benzene ring substituents is 1. The second-order valence-electron chi connectivity index (χ2n) is 3.69. The van der Waals surface area contributed by atoms with Crippen LogP contribution in [-0.2, 0) is 0 Å². The van der Waals surface area contributed by atoms with Crippen LogP contribution in [0.1, 0.15) is 5.56 Å². The van der Waals surface area contributed by atoms with Crippen molar-refractivity contribution in [2.45, 2.75) is 0 Å². The number of hydrogen-bond acceptors (Lipinski definition) is 6. The zero-order chi connectivity index (χ0) is 14.5. The van der Waals surface area contributed by atoms with Gasteiger partial charge in [-0.15, -0.1) is 0 Å². The van der Waals surface area contributed by atoms with Gasteiger partial charge in [-0.1, -0.05) is 0 Å². The van der Waals surface area contributed by atoms with E-state index < -0.39 is 4.92 Å². The zero-order valence-electron chi connectivity index (χ0n) is 10.4. The van der Waals surface area contributed by atoms with Gasteiger partial charge in [0, 0.05) is 18.3 Å². The summed E-state index contributed by atoms with van der Waals surface area (Å²) in [4.78, 5) is 14.1. The van der Waals surface area contributed by atoms with Crippen molar-refractivity contribution >= 4 is 5.69 Å². The van der Waals surface area contributed by atoms with E-state index in [9.17, 15) is 10.1 Å². The lowest BCUT2D eigenvalue weighted by Gasteiger charge is -2.09. The van der Waals surface area contributed by atoms with Crippen molar-refractivity contribution < 1.29 is 14.4 Å². The first kappa shape index (κ1) is 13.3. The van der Waals surface area contributed by atoms with Gasteiger partial charge >= 0.3 is 0 Å². The Bertz CT molecular complexity index is 677. The molecule has 2 aromatic rings. The summed E-state index contributed by atoms with van der Waals surface area (Å²) < 4.78 is 10.5. The zero-order valence-corrected chi connectivity index (χ0v) is 10.4. The number of nitriles is 1. The Kier molecular flexibility index (Phi) is 3.77. The van der Waals surface area contributed by atoms with Crippen LogP contribution in [0.15, 0.2) is 36.5 Å². The summed E-state index contributed by atoms with van der Waals surface area (Å²) in [6.07, 6.45) is 1.37. The molecule has 0 amide bonds. The molecule has 0 atom stereocenters. The van der Waals surface area contributed by atoms with E-state index >= 15 is 0 Å². The number of pyridine rings is 1. The number of nitrogens with zero attached hydrogens (tertiary/aromatic N) is 3. The predicted molar refractivity (Wildman–Crippen MR) is 68.7 cm³/mol. The summed E-state index contributed by atoms with van der Waals surface area (Å²) in [6, 6.07) is 9.02. The Labute approximate surface area is 114 Å². The van der Waals surface area contributed by atoms with Gasteiger partial charge in [0.2, 0.25) is 5.88 Å². The van der Waals surface area contributed by atoms with Crippen LogP contribution >= 0.6 is 0 Å². The van der Waals surface area contributed by atoms with Crippen LogP contribution in [0.25, 0.3) is 0 Å². The molecule has 100 valence electrons. The fourth-order valence-corrected chi connectivity index (χ4v) is 1.47. The van der Waals surface area contributed by atoms with Gasteiger partial charge in [-0.2, -0.15) is 5.26 Å². The maximum atomic E-state index is 10.7. The van der Waals surface area contributed by atoms with Crippen molar-refractivity contribution in [1.29, 1.82) is 5.26 Å². The second kappa shape index (κ2) is 5.67. The minimum absolute atomic E-state index is 0.0954. The molecule has 1 heterocycles. The molecule has 0 aliphatic carbocycles. The van der Waals surface area contributed by atoms with Crippen molar-refractivity contribution in [2.75, 3.05) is 7.11 Å². The quantitative estimate of drug-likeness (QED) is 0.626. The highest BCUT2D eigenvalue weighted by Crippen LogP contribution is 2.33. The number of methoxy groups -OCH3 is 1. The highest BCUT2D eigenvalue weighted by Gasteiger charge is 2.13. The van der Waals surface area contributed by atoms with Crippen LogP contribution in [0, 0.1) is 21.4 Å². The van der Waals surface area contributed by atoms with Crippen LogP contribution in [0.2, 0.25) is 0 Å². The molecule has 2 rings (SSSR count). The van der Waals surface area contributed by atoms with Crippen molar-refractivity contribution in [3.05, 3.63) is 52.2 Å². The summed E-state index contributed by atoms with van der Waals surface area (Å²) >= 11 is 0. The topological polar surface area (TPSA) is 98.3 Å². The van der Waals surface area contributed by atoms with Crippen molar-refractivity contribution in [3.8, 4) is 23.4 Å². The Hall–Kier alpha value is -3.14. The molecular formula is C13H9N3O4. The van der Waals surface area contributed by atoms with Gasteiger partial charge in [0.05, 0.1) is 23.7 Å². The molecule has 0 radical (unpaired) electrons. The molecule has 0 N–H and O–H groups in total. The molecule has 0 bridgehead atoms. The van der Waals surface area contributed by atoms with E-state index in [1.807, 2.05) is 6.07 Å². The van der Waals surface area contributed by atoms with E-state index in [-0.39, 0.29) is 17.3 Å². The summed E-state index contributed by atoms with van der Waals surface area (Å²) in [7, 11) is 1.39. The van der Waals surface area contributed by atoms with Crippen molar-refractivity contribution in [1.82, 2.24) is 4.98 Å². The molecule has 0 aliphatic rings. The number of nitro benzene ring substituents is 1. The maximum absolute atomic E-state index is 10.7. The molecule has 1 aromatic carbocycles. The molecule has 1 aromatic heterocycles. The molecule has 20 heavy (non-hydrogen) atoms. The third-order valence-electron chi connectivity index (χ3n) is 2.44. The molecule has 7 heteroatoms. The molecule has 0 fully saturated rings. The first-order valence-electron chi connectivity index (χ1n) is 5.50. The van der Waals surface area contributed by atoms with E-state index in [0.29, 0.717) is 11.3 Å². The Morgan fingerprint density at radius 1 is 1.30 bits per heavy atom. The maximum Gasteiger partial charge on any atom is 0.273 e. The predicted octanol–water partition coefficient (Wildman–Crippen LogP) is 2.66. The van der Waals surface area contributed by atoms with Gasteiger partial charge in [-0.05, 0) is 12.1 Å². The van der Waals surface area contributed by atoms with Gasteiger partial charge < -0.3 is 9.47 Å². The first-order chi connectivity index (χ1) is 9.63. The van der Waals surface area contributed by atoms with Crippen LogP contribution in [0.5, 0.6) is 17.4 Å². The number of hydrogen-bond donors (Lipinski definition) is 0. The third-order valence-corrected chi connectivity index (χ3v) is 2.44. The first-order valence-corrected chi connectivity index (χ1v) is 5.50. The van der Waals surface area contributed by atoms with Gasteiger partial charge in [-0.25, -0.2) is 4.98 Å². The lowest BCUT2D eigenvalue weighted by atomic mass is 10.3. The molecule has 0 aliphatic heterocycles. The van der Waals surface area contributed by atoms with Gasteiger partial charge in [0.15, 0.2) is 11.5 Å². The second-order valence-corrected chi connectivity index (χ2v) is 3.69. The molecule has 7 nitrogen and oxygen atoms in total. The number of benzene rings is 1. The van der Waals surface area contributed by atoms with Crippen molar-refractivity contribution in [2.24, 2.45) is 0 Å². The Morgan fingerprint density at radius 2 is 2.10 bits per heavy atom. The number of aromatic nitrogens is 1. The van der Waals surface area contributed by atoms with Gasteiger partial charge in [0.1, 0.15) is 6.07 Å². The van der Waals surface area contributed by atoms with Crippen molar-refractivity contribution in [3.63, 3.8) is 0 Å². The van der Waals surface area contributed by atoms with Gasteiger partial charge in [-0.3, -0.25) is 10.1 Å². The summed E-state index contributed by atoms with van der Waals surface area (Å²) in [5.41, 5.74) is 0.315. The van der Waals surface area contributed by atoms with Crippen LogP contribution < -0.4 is 9.47 Å². The minimum Gasteiger partial charge on any atom is -0.493 e. The van der Waals surface area contributed by atoms with E-state index in [4.69, 9.17) is 14.7 Å². The molecule has 0 unspecified atom stereocenters. The Morgan fingerprint density at radius 3 is 2.65 bits per heavy atom. The standard InChI is InChI=1S/C13H9N3O4/c1-19-12-6-10(16(17)18)3-4-11(12)20-13-5-2-9(7-14)8-15-13/h2-6,8H,1H3. The summed E-state index contributed by atoms with van der Waals surface area (Å²) in [5.74, 6) is 0.789. The number of rotatable bonds is 4. The van der Waals surface area contributed by atoms with Crippen LogP contribution in [0.4, 0.5) is 5.69 Å². The fraction of sp³-hybridized carbons (Fsp3) is 0.0769. The van der Waals surface area contributed by atoms with Crippen LogP contribution in [-0.4, -0.2) is 17.0 Å². The largest absolute Gasteiger partial charge is 0.493 e. The average molecular weight is 271 g/mol. The Balaban J connectivity index is 2.28. The normalized spacial score (nSPS) is 9.60. The summed E-state index contributed by atoms with van der Waals surface area (Å²) in [6.45, 7) is 0. The highest BCUT2D eigenvalue weighted by molar-refractivity contribution is 5.49. The fourth-order valence-electron chi connectivity index (χ4n) is 1.47. The monoisotopic (exact) mass is 271 g/mol. The lowest BCUT2D eigenvalue weighted by molar-refractivity contribution is -0.384. The van der Waals surface area contributed by atoms with Crippen LogP contribution in [0.3, 0.4) is 0 Å². The molecular weight excluding hydrogens is 262 g/mol. The number of ether oxygens (including phenoxy) is 2. The number of nitro groups is 1. The summed E-state index contributed by atoms with van der Waals surface area (Å²) in [5, 5.41) is 19.3. The van der Waals surface area contributed by atoms with E-state index in [1.165, 1.54) is 37.6 Å². The van der Waals surface area contributed by atoms with E-state index in [2.05, 4.69) is 4.98 Å². The van der Waals surface area contributed by atoms with E-state index in [1.54, 1.807) is 6.07 Å². The SMILES string of the molecule is COc1cc([N+](=O)[O-])ccc1Oc1ccc(C#N)cn1. The van der Waals surface area contributed by atoms with E-state index in [0.717, 1.165) is 0 Å². The average Bonchev–Trinajstić information content (AvgIpc) is 2.48.